The second-order valence-electron chi connectivity index (χ2n) is 29.8. The third kappa shape index (κ3) is 31.6. The minimum Gasteiger partial charge on any atom is -0.368 e. The van der Waals surface area contributed by atoms with E-state index in [0.717, 1.165) is 16.7 Å². The molecule has 0 aliphatic heterocycles. The molecule has 1 atom stereocenters. The van der Waals surface area contributed by atoms with Gasteiger partial charge in [-0.1, -0.05) is 243 Å². The Hall–Kier alpha value is -12.7. The zero-order valence-electron chi connectivity index (χ0n) is 69.0. The van der Waals surface area contributed by atoms with Gasteiger partial charge in [0.1, 0.15) is 45.8 Å². The van der Waals surface area contributed by atoms with Crippen molar-refractivity contribution in [1.29, 1.82) is 0 Å². The zero-order chi connectivity index (χ0) is 86.0. The number of amides is 12. The minimum atomic E-state index is -0.758. The normalized spacial score (nSPS) is 11.1. The third-order valence-corrected chi connectivity index (χ3v) is 20.4. The fourth-order valence-corrected chi connectivity index (χ4v) is 13.7. The van der Waals surface area contributed by atoms with Crippen LogP contribution in [0, 0.1) is 0 Å². The van der Waals surface area contributed by atoms with Gasteiger partial charge in [-0.25, -0.2) is 0 Å². The van der Waals surface area contributed by atoms with Crippen LogP contribution in [0.5, 0.6) is 0 Å². The lowest BCUT2D eigenvalue weighted by atomic mass is 10.1. The van der Waals surface area contributed by atoms with Crippen molar-refractivity contribution >= 4 is 70.9 Å². The summed E-state index contributed by atoms with van der Waals surface area (Å²) in [5.41, 5.74) is 29.2. The van der Waals surface area contributed by atoms with Crippen LogP contribution in [0.2, 0.25) is 0 Å². The first-order chi connectivity index (χ1) is 58.1. The van der Waals surface area contributed by atoms with Crippen molar-refractivity contribution in [3.8, 4) is 0 Å². The van der Waals surface area contributed by atoms with E-state index >= 15 is 28.8 Å². The van der Waals surface area contributed by atoms with E-state index in [1.165, 1.54) is 60.8 Å². The number of nitrogens with zero attached hydrogens (tertiary/aromatic N) is 11. The quantitative estimate of drug-likeness (QED) is 0.0279. The molecule has 0 unspecified atom stereocenters. The van der Waals surface area contributed by atoms with Crippen LogP contribution in [0.1, 0.15) is 103 Å². The van der Waals surface area contributed by atoms with Gasteiger partial charge in [0.05, 0.1) is 32.2 Å². The van der Waals surface area contributed by atoms with Gasteiger partial charge < -0.3 is 76.8 Å². The van der Waals surface area contributed by atoms with E-state index in [9.17, 15) is 28.8 Å². The maximum atomic E-state index is 15.5. The molecule has 8 aromatic rings. The van der Waals surface area contributed by atoms with Crippen LogP contribution in [0.3, 0.4) is 0 Å². The van der Waals surface area contributed by atoms with Gasteiger partial charge in [-0.05, 0) is 110 Å². The molecular weight excluding hydrogens is 1520 g/mol. The molecule has 0 aliphatic rings. The monoisotopic (exact) mass is 1630 g/mol. The number of carbonyl (C=O) groups is 12. The van der Waals surface area contributed by atoms with E-state index < -0.39 is 136 Å². The van der Waals surface area contributed by atoms with Gasteiger partial charge in [-0.15, -0.1) is 0 Å². The molecule has 0 spiro atoms. The summed E-state index contributed by atoms with van der Waals surface area (Å²) in [7, 11) is 0. The first kappa shape index (κ1) is 92.8. The minimum absolute atomic E-state index is 0.00529. The number of rotatable bonds is 50. The molecule has 0 aromatic heterocycles. The molecule has 8 aromatic carbocycles. The van der Waals surface area contributed by atoms with Gasteiger partial charge in [0, 0.05) is 72.4 Å². The highest BCUT2D eigenvalue weighted by Gasteiger charge is 2.35. The Morgan fingerprint density at radius 2 is 0.425 bits per heavy atom. The number of carbonyl (C=O) groups excluding carboxylic acids is 12. The molecule has 27 nitrogen and oxygen atoms in total. The predicted molar refractivity (Wildman–Crippen MR) is 459 cm³/mol. The number of hydrogen-bond donors (Lipinski definition) is 4. The Morgan fingerprint density at radius 3 is 0.633 bits per heavy atom. The van der Waals surface area contributed by atoms with E-state index in [2.05, 4.69) is 0 Å². The van der Waals surface area contributed by atoms with Gasteiger partial charge in [0.2, 0.25) is 70.9 Å². The molecule has 120 heavy (non-hydrogen) atoms. The Kier molecular flexibility index (Phi) is 38.8. The van der Waals surface area contributed by atoms with Crippen LogP contribution in [0.15, 0.2) is 243 Å². The number of hydrogen-bond acceptors (Lipinski definition) is 15. The Morgan fingerprint density at radius 1 is 0.242 bits per heavy atom. The van der Waals surface area contributed by atoms with Gasteiger partial charge in [-0.2, -0.15) is 0 Å². The fraction of sp³-hybridized carbons (Fsp3) is 0.355. The zero-order valence-corrected chi connectivity index (χ0v) is 69.0. The smallest absolute Gasteiger partial charge is 0.243 e. The van der Waals surface area contributed by atoms with Crippen molar-refractivity contribution in [2.45, 2.75) is 104 Å². The molecule has 0 bridgehead atoms. The van der Waals surface area contributed by atoms with Crippen molar-refractivity contribution < 1.29 is 57.5 Å². The number of nitrogens with two attached hydrogens (primary N) is 4. The Labute approximate surface area is 704 Å². The van der Waals surface area contributed by atoms with Crippen molar-refractivity contribution in [1.82, 2.24) is 53.9 Å². The Bertz CT molecular complexity index is 4550. The highest BCUT2D eigenvalue weighted by molar-refractivity contribution is 5.95. The van der Waals surface area contributed by atoms with Crippen LogP contribution >= 0.6 is 0 Å². The predicted octanol–water partition coefficient (Wildman–Crippen LogP) is 6.99. The van der Waals surface area contributed by atoms with E-state index in [1.807, 2.05) is 91.0 Å². The lowest BCUT2D eigenvalue weighted by Gasteiger charge is -2.33. The largest absolute Gasteiger partial charge is 0.368 e. The molecule has 0 fully saturated rings. The van der Waals surface area contributed by atoms with Crippen LogP contribution in [0.25, 0.3) is 0 Å². The van der Waals surface area contributed by atoms with Crippen molar-refractivity contribution in [3.63, 3.8) is 0 Å². The number of primary amides is 1. The number of benzene rings is 8. The van der Waals surface area contributed by atoms with Gasteiger partial charge in [0.25, 0.3) is 0 Å². The van der Waals surface area contributed by atoms with E-state index in [0.29, 0.717) is 66.3 Å². The second kappa shape index (κ2) is 50.1. The van der Waals surface area contributed by atoms with Crippen molar-refractivity contribution in [2.75, 3.05) is 111 Å². The molecule has 0 saturated carbocycles. The third-order valence-electron chi connectivity index (χ3n) is 20.4. The molecular formula is C93H115N15O12. The lowest BCUT2D eigenvalue weighted by Crippen LogP contribution is -2.52. The molecule has 27 heteroatoms. The average Bonchev–Trinajstić information content (AvgIpc) is 0.832. The molecule has 12 amide bonds. The first-order valence-corrected chi connectivity index (χ1v) is 40.8. The summed E-state index contributed by atoms with van der Waals surface area (Å²) in [5, 5.41) is 0. The summed E-state index contributed by atoms with van der Waals surface area (Å²) in [6.45, 7) is -2.02. The molecule has 634 valence electrons. The van der Waals surface area contributed by atoms with Gasteiger partial charge >= 0.3 is 0 Å². The summed E-state index contributed by atoms with van der Waals surface area (Å²) < 4.78 is 0. The highest BCUT2D eigenvalue weighted by Crippen LogP contribution is 2.23. The summed E-state index contributed by atoms with van der Waals surface area (Å²) >= 11 is 0. The molecule has 8 N–H and O–H groups in total. The fourth-order valence-electron chi connectivity index (χ4n) is 13.7. The van der Waals surface area contributed by atoms with Crippen LogP contribution in [-0.4, -0.2) is 236 Å². The topological polar surface area (TPSA) is 345 Å². The maximum absolute atomic E-state index is 15.5. The Balaban J connectivity index is 1.06. The SMILES string of the molecule is CC(=O)N(CC(=O)N(CC(=O)N(CCCCN)CC(=O)N(CC(=O)N(CC(=O)N(CCCCN)CC(=O)N(CC(=O)N(CC(=O)N(CCCCN)CC(=O)N(CC(=O)N(CC(N)=O)[C@@H](C)c1ccccc1)Cc1ccccc1)Cc1ccccc1)Cc1ccccc1)Cc1ccccc1)Cc1ccccc1)Cc1ccccc1)Cc1ccccc1. The summed E-state index contributed by atoms with van der Waals surface area (Å²) in [4.78, 5) is 192. The number of unbranched alkanes of at least 4 members (excludes halogenated alkanes) is 3. The van der Waals surface area contributed by atoms with Crippen LogP contribution < -0.4 is 22.9 Å². The standard InChI is InChI=1S/C93H115N15O12/c1-73(82-47-25-10-26-48-82)108(62-83(97)110)93(120)72-107(61-81-45-23-9-24-46-81)89(116)65-100(54-32-29-51-96)86(113)69-104(58-78-39-17-6-18-40-78)92(119)71-106(60-80-43-21-8-22-44-80)88(115)64-99(53-31-28-50-95)85(112)68-103(57-77-37-15-5-16-38-77)91(118)70-105(59-79-41-19-7-20-42-79)87(114)63-98(52-30-27-49-94)84(111)67-102(56-76-35-13-4-14-36-76)90(117)66-101(74(2)109)55-75-33-11-3-12-34-75/h3-26,33-48,73H,27-32,49-72,94-96H2,1-2H3,(H2,97,110)/t73-/m0/s1. The van der Waals surface area contributed by atoms with E-state index in [-0.39, 0.29) is 97.5 Å². The summed E-state index contributed by atoms with van der Waals surface area (Å²) in [5.74, 6) is -7.22. The average molecular weight is 1640 g/mol. The lowest BCUT2D eigenvalue weighted by molar-refractivity contribution is -0.150. The van der Waals surface area contributed by atoms with Gasteiger partial charge in [0.15, 0.2) is 0 Å². The van der Waals surface area contributed by atoms with E-state index in [4.69, 9.17) is 22.9 Å². The van der Waals surface area contributed by atoms with Gasteiger partial charge in [-0.3, -0.25) is 57.5 Å². The highest BCUT2D eigenvalue weighted by atomic mass is 16.2. The van der Waals surface area contributed by atoms with Crippen molar-refractivity contribution in [2.24, 2.45) is 22.9 Å². The van der Waals surface area contributed by atoms with Crippen molar-refractivity contribution in [3.05, 3.63) is 287 Å². The molecule has 0 heterocycles. The molecule has 8 rings (SSSR count). The first-order valence-electron chi connectivity index (χ1n) is 40.8. The summed E-state index contributed by atoms with van der Waals surface area (Å²) in [6.07, 6.45) is 2.50. The van der Waals surface area contributed by atoms with E-state index in [1.54, 1.807) is 159 Å². The second-order valence-corrected chi connectivity index (χ2v) is 29.8. The van der Waals surface area contributed by atoms with Crippen LogP contribution in [0.4, 0.5) is 0 Å². The summed E-state index contributed by atoms with van der Waals surface area (Å²) in [6, 6.07) is 71.5. The van der Waals surface area contributed by atoms with Crippen LogP contribution in [-0.2, 0) is 103 Å². The maximum Gasteiger partial charge on any atom is 0.243 e. The molecule has 0 radical (unpaired) electrons. The molecule has 0 saturated heterocycles. The molecule has 0 aliphatic carbocycles.